The van der Waals surface area contributed by atoms with Crippen LogP contribution >= 0.6 is 0 Å². The number of carbonyl (C=O) groups is 3. The van der Waals surface area contributed by atoms with Gasteiger partial charge in [-0.3, -0.25) is 9.59 Å². The van der Waals surface area contributed by atoms with Crippen LogP contribution in [0.2, 0.25) is 0 Å². The molecule has 2 aliphatic carbocycles. The molecule has 0 amide bonds. The summed E-state index contributed by atoms with van der Waals surface area (Å²) >= 11 is 0. The highest BCUT2D eigenvalue weighted by atomic mass is 16.6. The van der Waals surface area contributed by atoms with Crippen LogP contribution in [-0.2, 0) is 23.9 Å². The molecular weight excluding hydrogens is 324 g/mol. The summed E-state index contributed by atoms with van der Waals surface area (Å²) in [6, 6.07) is 0. The highest BCUT2D eigenvalue weighted by molar-refractivity contribution is 6.20. The van der Waals surface area contributed by atoms with Crippen molar-refractivity contribution in [3.63, 3.8) is 0 Å². The lowest BCUT2D eigenvalue weighted by Gasteiger charge is -2.54. The number of aliphatic hydroxyl groups excluding tert-OH is 1. The van der Waals surface area contributed by atoms with Crippen LogP contribution in [0.3, 0.4) is 0 Å². The fourth-order valence-corrected chi connectivity index (χ4v) is 4.79. The molecule has 4 unspecified atom stereocenters. The summed E-state index contributed by atoms with van der Waals surface area (Å²) in [6.45, 7) is 5.41. The van der Waals surface area contributed by atoms with Crippen molar-refractivity contribution in [2.24, 2.45) is 23.7 Å². The van der Waals surface area contributed by atoms with Crippen molar-refractivity contribution in [3.8, 4) is 0 Å². The van der Waals surface area contributed by atoms with Gasteiger partial charge in [-0.05, 0) is 18.4 Å². The number of carbonyl (C=O) groups excluding carboxylic acids is 3. The van der Waals surface area contributed by atoms with E-state index in [4.69, 9.17) is 9.47 Å². The van der Waals surface area contributed by atoms with Crippen LogP contribution in [0, 0.1) is 23.7 Å². The fourth-order valence-electron chi connectivity index (χ4n) is 4.79. The maximum absolute atomic E-state index is 12.9. The zero-order valence-corrected chi connectivity index (χ0v) is 14.5. The van der Waals surface area contributed by atoms with Crippen LogP contribution in [-0.4, -0.2) is 40.5 Å². The number of ether oxygens (including phenoxy) is 2. The van der Waals surface area contributed by atoms with Gasteiger partial charge in [0.1, 0.15) is 17.8 Å². The Kier molecular flexibility index (Phi) is 3.48. The first-order chi connectivity index (χ1) is 11.8. The van der Waals surface area contributed by atoms with Crippen molar-refractivity contribution in [1.82, 2.24) is 0 Å². The van der Waals surface area contributed by atoms with Gasteiger partial charge in [-0.15, -0.1) is 0 Å². The minimum Gasteiger partial charge on any atom is -0.486 e. The van der Waals surface area contributed by atoms with E-state index in [0.717, 1.165) is 0 Å². The lowest BCUT2D eigenvalue weighted by Crippen LogP contribution is -2.63. The summed E-state index contributed by atoms with van der Waals surface area (Å²) < 4.78 is 11.6. The molecule has 2 saturated heterocycles. The number of Topliss-reactive ketones (excluding diaryl/α,β-unsaturated/α-hetero) is 1. The molecule has 7 atom stereocenters. The molecule has 5 aliphatic rings. The highest BCUT2D eigenvalue weighted by Crippen LogP contribution is 2.56. The average Bonchev–Trinajstić information content (AvgIpc) is 2.83. The number of ketones is 2. The molecular formula is C19H22O6. The second-order valence-corrected chi connectivity index (χ2v) is 7.93. The molecule has 6 nitrogen and oxygen atoms in total. The number of hydrogen-bond donors (Lipinski definition) is 1. The summed E-state index contributed by atoms with van der Waals surface area (Å²) in [7, 11) is 0. The summed E-state index contributed by atoms with van der Waals surface area (Å²) in [4.78, 5) is 37.8. The van der Waals surface area contributed by atoms with Crippen molar-refractivity contribution in [1.29, 1.82) is 0 Å². The standard InChI is InChI=1S/C19H22O6/c1-8-6-9(2)14(21)13-17-19(25-18(13)23)7-10(3)16(24-17)15(22)11(19)4-5-12(8)20/h4-5,8-11,15-16,22H,6-7H2,1-3H3/t8-,9+,10?,11?,15?,16?,19+/m0/s1. The van der Waals surface area contributed by atoms with Gasteiger partial charge < -0.3 is 14.6 Å². The molecule has 134 valence electrons. The van der Waals surface area contributed by atoms with E-state index in [1.165, 1.54) is 6.08 Å². The fraction of sp³-hybridized carbons (Fsp3) is 0.632. The minimum atomic E-state index is -1.18. The predicted octanol–water partition coefficient (Wildman–Crippen LogP) is 1.32. The molecule has 0 aromatic heterocycles. The van der Waals surface area contributed by atoms with Crippen LogP contribution in [0.1, 0.15) is 33.6 Å². The lowest BCUT2D eigenvalue weighted by molar-refractivity contribution is -0.220. The van der Waals surface area contributed by atoms with E-state index in [9.17, 15) is 19.5 Å². The third-order valence-corrected chi connectivity index (χ3v) is 6.13. The van der Waals surface area contributed by atoms with Gasteiger partial charge in [-0.1, -0.05) is 26.8 Å². The number of fused-ring (bicyclic) bond motifs is 1. The first kappa shape index (κ1) is 16.5. The summed E-state index contributed by atoms with van der Waals surface area (Å²) in [5.41, 5.74) is -1.21. The zero-order chi connectivity index (χ0) is 18.1. The SMILES string of the molecule is CC1C[C@]23OC(=O)C4=C2OC1C(O)C3C=CC(=O)[C@@H](C)C[C@@H](C)C4=O. The van der Waals surface area contributed by atoms with Gasteiger partial charge >= 0.3 is 5.97 Å². The third-order valence-electron chi connectivity index (χ3n) is 6.13. The normalized spacial score (nSPS) is 46.0. The number of rotatable bonds is 0. The van der Waals surface area contributed by atoms with Crippen molar-refractivity contribution in [3.05, 3.63) is 23.5 Å². The Morgan fingerprint density at radius 1 is 1.16 bits per heavy atom. The molecule has 3 fully saturated rings. The molecule has 1 saturated carbocycles. The number of aliphatic hydroxyl groups is 1. The van der Waals surface area contributed by atoms with Gasteiger partial charge in [-0.25, -0.2) is 4.79 Å². The van der Waals surface area contributed by atoms with E-state index in [2.05, 4.69) is 0 Å². The second kappa shape index (κ2) is 5.27. The first-order valence-corrected chi connectivity index (χ1v) is 8.85. The maximum atomic E-state index is 12.9. The van der Waals surface area contributed by atoms with E-state index in [0.29, 0.717) is 12.8 Å². The predicted molar refractivity (Wildman–Crippen MR) is 86.1 cm³/mol. The van der Waals surface area contributed by atoms with E-state index in [1.54, 1.807) is 19.9 Å². The molecule has 3 heterocycles. The Morgan fingerprint density at radius 3 is 2.60 bits per heavy atom. The van der Waals surface area contributed by atoms with E-state index >= 15 is 0 Å². The highest BCUT2D eigenvalue weighted by Gasteiger charge is 2.67. The van der Waals surface area contributed by atoms with Crippen LogP contribution in [0.5, 0.6) is 0 Å². The quantitative estimate of drug-likeness (QED) is 0.526. The average molecular weight is 346 g/mol. The Hall–Kier alpha value is -1.95. The molecule has 0 aromatic rings. The molecule has 0 aromatic carbocycles. The molecule has 6 heteroatoms. The van der Waals surface area contributed by atoms with E-state index in [-0.39, 0.29) is 34.7 Å². The van der Waals surface area contributed by atoms with Crippen molar-refractivity contribution < 1.29 is 29.0 Å². The lowest BCUT2D eigenvalue weighted by atomic mass is 9.64. The second-order valence-electron chi connectivity index (χ2n) is 7.93. The van der Waals surface area contributed by atoms with Crippen LogP contribution in [0.15, 0.2) is 23.5 Å². The van der Waals surface area contributed by atoms with Crippen molar-refractivity contribution in [2.45, 2.75) is 51.4 Å². The minimum absolute atomic E-state index is 0.0252. The molecule has 0 radical (unpaired) electrons. The Labute approximate surface area is 145 Å². The molecule has 1 N–H and O–H groups in total. The zero-order valence-electron chi connectivity index (χ0n) is 14.5. The largest absolute Gasteiger partial charge is 0.486 e. The Balaban J connectivity index is 1.93. The summed E-state index contributed by atoms with van der Waals surface area (Å²) in [5, 5.41) is 10.7. The molecule has 3 aliphatic heterocycles. The van der Waals surface area contributed by atoms with Crippen molar-refractivity contribution in [2.75, 3.05) is 0 Å². The molecule has 1 spiro atoms. The van der Waals surface area contributed by atoms with Gasteiger partial charge in [-0.2, -0.15) is 0 Å². The molecule has 5 rings (SSSR count). The van der Waals surface area contributed by atoms with Crippen LogP contribution in [0.25, 0.3) is 0 Å². The first-order valence-electron chi connectivity index (χ1n) is 8.85. The maximum Gasteiger partial charge on any atom is 0.346 e. The summed E-state index contributed by atoms with van der Waals surface area (Å²) in [6.07, 6.45) is 2.51. The molecule has 5 bridgehead atoms. The van der Waals surface area contributed by atoms with Crippen molar-refractivity contribution >= 4 is 17.5 Å². The molecule has 25 heavy (non-hydrogen) atoms. The summed E-state index contributed by atoms with van der Waals surface area (Å²) in [5.74, 6) is -2.27. The monoisotopic (exact) mass is 346 g/mol. The third kappa shape index (κ3) is 2.09. The van der Waals surface area contributed by atoms with Crippen LogP contribution < -0.4 is 0 Å². The smallest absolute Gasteiger partial charge is 0.346 e. The number of allylic oxidation sites excluding steroid dienone is 1. The van der Waals surface area contributed by atoms with E-state index < -0.39 is 35.6 Å². The van der Waals surface area contributed by atoms with E-state index in [1.807, 2.05) is 6.92 Å². The number of esters is 1. The topological polar surface area (TPSA) is 89.9 Å². The number of hydrogen-bond acceptors (Lipinski definition) is 6. The Morgan fingerprint density at radius 2 is 1.88 bits per heavy atom. The van der Waals surface area contributed by atoms with Gasteiger partial charge in [0.05, 0.1) is 5.92 Å². The van der Waals surface area contributed by atoms with Gasteiger partial charge in [0, 0.05) is 18.3 Å². The van der Waals surface area contributed by atoms with Gasteiger partial charge in [0.25, 0.3) is 0 Å². The van der Waals surface area contributed by atoms with Crippen LogP contribution in [0.4, 0.5) is 0 Å². The Bertz CT molecular complexity index is 734. The van der Waals surface area contributed by atoms with Gasteiger partial charge in [0.2, 0.25) is 0 Å². The van der Waals surface area contributed by atoms with Gasteiger partial charge in [0.15, 0.2) is 22.9 Å².